The van der Waals surface area contributed by atoms with Gasteiger partial charge in [0.15, 0.2) is 5.78 Å². The van der Waals surface area contributed by atoms with E-state index < -0.39 is 6.36 Å². The summed E-state index contributed by atoms with van der Waals surface area (Å²) in [4.78, 5) is 11.6. The molecule has 0 saturated carbocycles. The molecule has 0 unspecified atom stereocenters. The summed E-state index contributed by atoms with van der Waals surface area (Å²) < 4.78 is 39.4. The van der Waals surface area contributed by atoms with Crippen molar-refractivity contribution in [2.24, 2.45) is 0 Å². The monoisotopic (exact) mass is 256 g/mol. The van der Waals surface area contributed by atoms with Crippen LogP contribution in [0.15, 0.2) is 24.3 Å². The molecule has 0 amide bonds. The number of carbonyl (C=O) groups excluding carboxylic acids is 1. The number of hydrogen-bond acceptors (Lipinski definition) is 2. The van der Waals surface area contributed by atoms with Crippen LogP contribution in [0.25, 0.3) is 0 Å². The maximum absolute atomic E-state index is 11.9. The SMILES string of the molecule is C#CCCCC(=O)c1ccc(OC(F)(F)F)cc1. The largest absolute Gasteiger partial charge is 0.573 e. The number of alkyl halides is 3. The number of ether oxygens (including phenoxy) is 1. The number of terminal acetylenes is 1. The van der Waals surface area contributed by atoms with E-state index in [1.165, 1.54) is 12.1 Å². The van der Waals surface area contributed by atoms with Crippen LogP contribution in [0.4, 0.5) is 13.2 Å². The lowest BCUT2D eigenvalue weighted by Crippen LogP contribution is -2.17. The Morgan fingerprint density at radius 2 is 1.89 bits per heavy atom. The van der Waals surface area contributed by atoms with Crippen molar-refractivity contribution >= 4 is 5.78 Å². The standard InChI is InChI=1S/C13H11F3O2/c1-2-3-4-5-12(17)10-6-8-11(9-7-10)18-13(14,15)16/h1,6-9H,3-5H2. The molecular formula is C13H11F3O2. The summed E-state index contributed by atoms with van der Waals surface area (Å²) in [6.07, 6.45) is 1.67. The van der Waals surface area contributed by atoms with E-state index >= 15 is 0 Å². The van der Waals surface area contributed by atoms with Crippen molar-refractivity contribution < 1.29 is 22.7 Å². The van der Waals surface area contributed by atoms with Crippen molar-refractivity contribution in [1.29, 1.82) is 0 Å². The molecule has 0 radical (unpaired) electrons. The van der Waals surface area contributed by atoms with Crippen LogP contribution in [0.5, 0.6) is 5.75 Å². The number of halogens is 3. The average molecular weight is 256 g/mol. The van der Waals surface area contributed by atoms with Gasteiger partial charge in [0.25, 0.3) is 0 Å². The fourth-order valence-corrected chi connectivity index (χ4v) is 1.34. The van der Waals surface area contributed by atoms with E-state index in [0.717, 1.165) is 12.1 Å². The van der Waals surface area contributed by atoms with Gasteiger partial charge >= 0.3 is 6.36 Å². The number of benzene rings is 1. The summed E-state index contributed by atoms with van der Waals surface area (Å²) in [5.74, 6) is 1.92. The fourth-order valence-electron chi connectivity index (χ4n) is 1.34. The molecule has 0 fully saturated rings. The molecule has 1 aromatic rings. The van der Waals surface area contributed by atoms with Crippen LogP contribution in [0.2, 0.25) is 0 Å². The highest BCUT2D eigenvalue weighted by Gasteiger charge is 2.30. The van der Waals surface area contributed by atoms with E-state index in [2.05, 4.69) is 10.7 Å². The van der Waals surface area contributed by atoms with E-state index in [1.807, 2.05) is 0 Å². The fraction of sp³-hybridized carbons (Fsp3) is 0.308. The highest BCUT2D eigenvalue weighted by atomic mass is 19.4. The number of rotatable bonds is 5. The molecule has 0 aliphatic rings. The van der Waals surface area contributed by atoms with Crippen molar-refractivity contribution in [3.8, 4) is 18.1 Å². The smallest absolute Gasteiger partial charge is 0.406 e. The maximum Gasteiger partial charge on any atom is 0.573 e. The number of hydrogen-bond donors (Lipinski definition) is 0. The molecule has 0 aliphatic heterocycles. The van der Waals surface area contributed by atoms with Crippen molar-refractivity contribution in [2.45, 2.75) is 25.6 Å². The van der Waals surface area contributed by atoms with Crippen molar-refractivity contribution in [3.05, 3.63) is 29.8 Å². The zero-order valence-electron chi connectivity index (χ0n) is 9.46. The molecule has 5 heteroatoms. The third-order valence-electron chi connectivity index (χ3n) is 2.13. The van der Waals surface area contributed by atoms with Crippen LogP contribution < -0.4 is 4.74 Å². The third kappa shape index (κ3) is 4.91. The van der Waals surface area contributed by atoms with E-state index in [-0.39, 0.29) is 18.0 Å². The summed E-state index contributed by atoms with van der Waals surface area (Å²) in [6.45, 7) is 0. The minimum atomic E-state index is -4.72. The first-order chi connectivity index (χ1) is 8.42. The summed E-state index contributed by atoms with van der Waals surface area (Å²) in [5, 5.41) is 0. The Balaban J connectivity index is 2.60. The second kappa shape index (κ2) is 6.10. The molecule has 0 spiro atoms. The summed E-state index contributed by atoms with van der Waals surface area (Å²) in [6, 6.07) is 4.84. The average Bonchev–Trinajstić information content (AvgIpc) is 2.28. The van der Waals surface area contributed by atoms with Crippen LogP contribution in [-0.4, -0.2) is 12.1 Å². The molecule has 96 valence electrons. The van der Waals surface area contributed by atoms with E-state index in [4.69, 9.17) is 6.42 Å². The molecule has 2 nitrogen and oxygen atoms in total. The summed E-state index contributed by atoms with van der Waals surface area (Å²) in [7, 11) is 0. The van der Waals surface area contributed by atoms with Gasteiger partial charge in [-0.2, -0.15) is 0 Å². The van der Waals surface area contributed by atoms with Crippen LogP contribution in [-0.2, 0) is 0 Å². The summed E-state index contributed by atoms with van der Waals surface area (Å²) >= 11 is 0. The van der Waals surface area contributed by atoms with Crippen molar-refractivity contribution in [1.82, 2.24) is 0 Å². The van der Waals surface area contributed by atoms with Crippen LogP contribution in [0.1, 0.15) is 29.6 Å². The predicted octanol–water partition coefficient (Wildman–Crippen LogP) is 3.57. The van der Waals surface area contributed by atoms with Crippen LogP contribution in [0, 0.1) is 12.3 Å². The van der Waals surface area contributed by atoms with Crippen LogP contribution in [0.3, 0.4) is 0 Å². The second-order valence-corrected chi connectivity index (χ2v) is 3.55. The number of Topliss-reactive ketones (excluding diaryl/α,β-unsaturated/α-hetero) is 1. The zero-order valence-corrected chi connectivity index (χ0v) is 9.46. The first kappa shape index (κ1) is 14.1. The lowest BCUT2D eigenvalue weighted by atomic mass is 10.1. The topological polar surface area (TPSA) is 26.3 Å². The highest BCUT2D eigenvalue weighted by Crippen LogP contribution is 2.23. The van der Waals surface area contributed by atoms with Gasteiger partial charge in [-0.05, 0) is 30.7 Å². The molecule has 0 N–H and O–H groups in total. The summed E-state index contributed by atoms with van der Waals surface area (Å²) in [5.41, 5.74) is 0.349. The minimum absolute atomic E-state index is 0.149. The van der Waals surface area contributed by atoms with Gasteiger partial charge < -0.3 is 4.74 Å². The molecule has 0 saturated heterocycles. The number of carbonyl (C=O) groups is 1. The quantitative estimate of drug-likeness (QED) is 0.457. The number of ketones is 1. The molecule has 0 aliphatic carbocycles. The first-order valence-electron chi connectivity index (χ1n) is 5.25. The molecule has 1 rings (SSSR count). The lowest BCUT2D eigenvalue weighted by Gasteiger charge is -2.08. The van der Waals surface area contributed by atoms with Crippen LogP contribution >= 0.6 is 0 Å². The van der Waals surface area contributed by atoms with Gasteiger partial charge in [-0.1, -0.05) is 0 Å². The Bertz CT molecular complexity index is 441. The Hall–Kier alpha value is -1.96. The minimum Gasteiger partial charge on any atom is -0.406 e. The van der Waals surface area contributed by atoms with Crippen molar-refractivity contribution in [3.63, 3.8) is 0 Å². The van der Waals surface area contributed by atoms with Gasteiger partial charge in [0, 0.05) is 18.4 Å². The van der Waals surface area contributed by atoms with Gasteiger partial charge in [0.2, 0.25) is 0 Å². The molecule has 0 atom stereocenters. The lowest BCUT2D eigenvalue weighted by molar-refractivity contribution is -0.274. The van der Waals surface area contributed by atoms with E-state index in [0.29, 0.717) is 18.4 Å². The predicted molar refractivity (Wildman–Crippen MR) is 60.1 cm³/mol. The molecule has 0 bridgehead atoms. The first-order valence-corrected chi connectivity index (χ1v) is 5.25. The third-order valence-corrected chi connectivity index (χ3v) is 2.13. The Morgan fingerprint density at radius 1 is 1.28 bits per heavy atom. The van der Waals surface area contributed by atoms with Gasteiger partial charge in [-0.3, -0.25) is 4.79 Å². The normalized spacial score (nSPS) is 10.8. The molecule has 0 aromatic heterocycles. The molecule has 0 heterocycles. The van der Waals surface area contributed by atoms with E-state index in [1.54, 1.807) is 0 Å². The van der Waals surface area contributed by atoms with Gasteiger partial charge in [0.1, 0.15) is 5.75 Å². The second-order valence-electron chi connectivity index (χ2n) is 3.55. The van der Waals surface area contributed by atoms with Gasteiger partial charge in [-0.15, -0.1) is 25.5 Å². The van der Waals surface area contributed by atoms with E-state index in [9.17, 15) is 18.0 Å². The van der Waals surface area contributed by atoms with Gasteiger partial charge in [-0.25, -0.2) is 0 Å². The van der Waals surface area contributed by atoms with Crippen molar-refractivity contribution in [2.75, 3.05) is 0 Å². The highest BCUT2D eigenvalue weighted by molar-refractivity contribution is 5.96. The Morgan fingerprint density at radius 3 is 2.39 bits per heavy atom. The zero-order chi connectivity index (χ0) is 13.6. The Kier molecular flexibility index (Phi) is 4.78. The number of unbranched alkanes of at least 4 members (excludes halogenated alkanes) is 1. The van der Waals surface area contributed by atoms with Gasteiger partial charge in [0.05, 0.1) is 0 Å². The maximum atomic E-state index is 11.9. The molecule has 18 heavy (non-hydrogen) atoms. The molecule has 1 aromatic carbocycles. The Labute approximate surface area is 103 Å². The molecular weight excluding hydrogens is 245 g/mol.